The van der Waals surface area contributed by atoms with Crippen LogP contribution in [0.2, 0.25) is 0 Å². The van der Waals surface area contributed by atoms with Gasteiger partial charge in [-0.2, -0.15) is 0 Å². The number of benzene rings is 1. The van der Waals surface area contributed by atoms with Gasteiger partial charge in [-0.15, -0.1) is 0 Å². The van der Waals surface area contributed by atoms with Crippen LogP contribution in [0.15, 0.2) is 18.2 Å². The van der Waals surface area contributed by atoms with Crippen LogP contribution in [0.4, 0.5) is 5.69 Å². The van der Waals surface area contributed by atoms with Crippen LogP contribution < -0.4 is 10.5 Å². The zero-order valence-electron chi connectivity index (χ0n) is 8.10. The van der Waals surface area contributed by atoms with Crippen molar-refractivity contribution in [3.63, 3.8) is 0 Å². The lowest BCUT2D eigenvalue weighted by molar-refractivity contribution is -0.384. The van der Waals surface area contributed by atoms with Crippen LogP contribution in [0.5, 0.6) is 5.75 Å². The number of nitro benzene ring substituents is 1. The Morgan fingerprint density at radius 1 is 1.60 bits per heavy atom. The molecule has 0 saturated carbocycles. The maximum atomic E-state index is 11.3. The number of hydrogen-bond acceptors (Lipinski definition) is 5. The summed E-state index contributed by atoms with van der Waals surface area (Å²) in [6, 6.07) is 3.81. The molecule has 0 heterocycles. The molecule has 1 aromatic rings. The van der Waals surface area contributed by atoms with Crippen molar-refractivity contribution in [2.24, 2.45) is 5.73 Å². The second kappa shape index (κ2) is 4.52. The number of nitrogens with two attached hydrogens (primary N) is 1. The van der Waals surface area contributed by atoms with Gasteiger partial charge in [0.2, 0.25) is 0 Å². The number of carbonyl (C=O) groups excluding carboxylic acids is 1. The summed E-state index contributed by atoms with van der Waals surface area (Å²) in [6.07, 6.45) is 0. The summed E-state index contributed by atoms with van der Waals surface area (Å²) >= 11 is 0. The van der Waals surface area contributed by atoms with Crippen molar-refractivity contribution in [3.8, 4) is 5.75 Å². The van der Waals surface area contributed by atoms with E-state index in [0.29, 0.717) is 0 Å². The normalized spacial score (nSPS) is 9.73. The SMILES string of the molecule is COc1ccc([N+](=O)[O-])cc1C(=O)CN. The molecule has 0 aliphatic carbocycles. The third kappa shape index (κ3) is 2.29. The number of non-ortho nitro benzene ring substituents is 1. The summed E-state index contributed by atoms with van der Waals surface area (Å²) in [5.41, 5.74) is 5.15. The van der Waals surface area contributed by atoms with Gasteiger partial charge < -0.3 is 10.5 Å². The quantitative estimate of drug-likeness (QED) is 0.449. The molecule has 0 aromatic heterocycles. The van der Waals surface area contributed by atoms with Crippen LogP contribution in [0.3, 0.4) is 0 Å². The summed E-state index contributed by atoms with van der Waals surface area (Å²) in [6.45, 7) is -0.211. The molecule has 0 fully saturated rings. The Balaban J connectivity index is 3.25. The lowest BCUT2D eigenvalue weighted by atomic mass is 10.1. The minimum Gasteiger partial charge on any atom is -0.496 e. The Bertz CT molecular complexity index is 403. The molecule has 0 amide bonds. The molecular formula is C9H10N2O4. The van der Waals surface area contributed by atoms with E-state index in [4.69, 9.17) is 10.5 Å². The highest BCUT2D eigenvalue weighted by Gasteiger charge is 2.15. The van der Waals surface area contributed by atoms with Gasteiger partial charge in [0.25, 0.3) is 5.69 Å². The van der Waals surface area contributed by atoms with Crippen molar-refractivity contribution in [2.45, 2.75) is 0 Å². The van der Waals surface area contributed by atoms with E-state index in [1.165, 1.54) is 19.2 Å². The zero-order valence-corrected chi connectivity index (χ0v) is 8.10. The van der Waals surface area contributed by atoms with Gasteiger partial charge >= 0.3 is 0 Å². The summed E-state index contributed by atoms with van der Waals surface area (Å²) in [5, 5.41) is 10.5. The molecule has 0 aliphatic rings. The predicted octanol–water partition coefficient (Wildman–Crippen LogP) is 0.745. The highest BCUT2D eigenvalue weighted by molar-refractivity contribution is 6.00. The molecular weight excluding hydrogens is 200 g/mol. The van der Waals surface area contributed by atoms with Gasteiger partial charge in [-0.3, -0.25) is 14.9 Å². The first-order valence-corrected chi connectivity index (χ1v) is 4.16. The van der Waals surface area contributed by atoms with Crippen molar-refractivity contribution in [1.82, 2.24) is 0 Å². The molecule has 0 saturated heterocycles. The molecule has 80 valence electrons. The molecule has 1 rings (SSSR count). The van der Waals surface area contributed by atoms with Crippen LogP contribution in [0.1, 0.15) is 10.4 Å². The highest BCUT2D eigenvalue weighted by Crippen LogP contribution is 2.23. The number of ether oxygens (including phenoxy) is 1. The first kappa shape index (κ1) is 11.1. The fraction of sp³-hybridized carbons (Fsp3) is 0.222. The standard InChI is InChI=1S/C9H10N2O4/c1-15-9-3-2-6(11(13)14)4-7(9)8(12)5-10/h2-4H,5,10H2,1H3. The molecule has 2 N–H and O–H groups in total. The molecule has 1 aromatic carbocycles. The van der Waals surface area contributed by atoms with E-state index < -0.39 is 10.7 Å². The van der Waals surface area contributed by atoms with E-state index in [9.17, 15) is 14.9 Å². The maximum absolute atomic E-state index is 11.3. The Labute approximate surface area is 85.8 Å². The van der Waals surface area contributed by atoms with E-state index in [-0.39, 0.29) is 23.5 Å². The summed E-state index contributed by atoms with van der Waals surface area (Å²) < 4.78 is 4.90. The summed E-state index contributed by atoms with van der Waals surface area (Å²) in [5.74, 6) is -0.105. The van der Waals surface area contributed by atoms with Crippen LogP contribution in [-0.4, -0.2) is 24.4 Å². The number of methoxy groups -OCH3 is 1. The molecule has 0 unspecified atom stereocenters. The predicted molar refractivity (Wildman–Crippen MR) is 53.0 cm³/mol. The van der Waals surface area contributed by atoms with Gasteiger partial charge in [-0.1, -0.05) is 0 Å². The van der Waals surface area contributed by atoms with Crippen LogP contribution in [0.25, 0.3) is 0 Å². The first-order valence-electron chi connectivity index (χ1n) is 4.16. The zero-order chi connectivity index (χ0) is 11.4. The third-order valence-electron chi connectivity index (χ3n) is 1.88. The van der Waals surface area contributed by atoms with Crippen molar-refractivity contribution in [3.05, 3.63) is 33.9 Å². The topological polar surface area (TPSA) is 95.5 Å². The average Bonchev–Trinajstić information content (AvgIpc) is 2.27. The van der Waals surface area contributed by atoms with Crippen molar-refractivity contribution >= 4 is 11.5 Å². The van der Waals surface area contributed by atoms with E-state index in [1.54, 1.807) is 0 Å². The number of rotatable bonds is 4. The van der Waals surface area contributed by atoms with E-state index in [1.807, 2.05) is 0 Å². The van der Waals surface area contributed by atoms with Gasteiger partial charge in [0, 0.05) is 12.1 Å². The highest BCUT2D eigenvalue weighted by atomic mass is 16.6. The number of Topliss-reactive ketones (excluding diaryl/α,β-unsaturated/α-hetero) is 1. The second-order valence-corrected chi connectivity index (χ2v) is 2.77. The third-order valence-corrected chi connectivity index (χ3v) is 1.88. The van der Waals surface area contributed by atoms with Crippen molar-refractivity contribution < 1.29 is 14.5 Å². The van der Waals surface area contributed by atoms with Crippen LogP contribution in [-0.2, 0) is 0 Å². The molecule has 0 atom stereocenters. The van der Waals surface area contributed by atoms with Gasteiger partial charge in [-0.05, 0) is 6.07 Å². The number of nitrogens with zero attached hydrogens (tertiary/aromatic N) is 1. The Kier molecular flexibility index (Phi) is 3.35. The molecule has 15 heavy (non-hydrogen) atoms. The number of hydrogen-bond donors (Lipinski definition) is 1. The average molecular weight is 210 g/mol. The maximum Gasteiger partial charge on any atom is 0.270 e. The minimum atomic E-state index is -0.577. The molecule has 0 aliphatic heterocycles. The summed E-state index contributed by atoms with van der Waals surface area (Å²) in [4.78, 5) is 21.2. The Morgan fingerprint density at radius 3 is 2.73 bits per heavy atom. The van der Waals surface area contributed by atoms with Crippen molar-refractivity contribution in [2.75, 3.05) is 13.7 Å². The lowest BCUT2D eigenvalue weighted by Crippen LogP contribution is -2.14. The van der Waals surface area contributed by atoms with Gasteiger partial charge in [0.05, 0.1) is 24.1 Å². The molecule has 0 spiro atoms. The van der Waals surface area contributed by atoms with Gasteiger partial charge in [0.15, 0.2) is 5.78 Å². The number of nitro groups is 1. The van der Waals surface area contributed by atoms with Crippen LogP contribution >= 0.6 is 0 Å². The molecule has 0 bridgehead atoms. The molecule has 0 radical (unpaired) electrons. The van der Waals surface area contributed by atoms with E-state index in [2.05, 4.69) is 0 Å². The van der Waals surface area contributed by atoms with Crippen LogP contribution in [0, 0.1) is 10.1 Å². The lowest BCUT2D eigenvalue weighted by Gasteiger charge is -2.05. The smallest absolute Gasteiger partial charge is 0.270 e. The van der Waals surface area contributed by atoms with Gasteiger partial charge in [0.1, 0.15) is 5.75 Å². The van der Waals surface area contributed by atoms with E-state index in [0.717, 1.165) is 6.07 Å². The first-order chi connectivity index (χ1) is 7.10. The number of ketones is 1. The van der Waals surface area contributed by atoms with Gasteiger partial charge in [-0.25, -0.2) is 0 Å². The Hall–Kier alpha value is -1.95. The fourth-order valence-corrected chi connectivity index (χ4v) is 1.14. The van der Waals surface area contributed by atoms with E-state index >= 15 is 0 Å². The molecule has 6 nitrogen and oxygen atoms in total. The summed E-state index contributed by atoms with van der Waals surface area (Å²) in [7, 11) is 1.38. The fourth-order valence-electron chi connectivity index (χ4n) is 1.14. The van der Waals surface area contributed by atoms with Crippen molar-refractivity contribution in [1.29, 1.82) is 0 Å². The molecule has 6 heteroatoms. The minimum absolute atomic E-state index is 0.134. The number of carbonyl (C=O) groups is 1. The second-order valence-electron chi connectivity index (χ2n) is 2.77. The Morgan fingerprint density at radius 2 is 2.27 bits per heavy atom. The monoisotopic (exact) mass is 210 g/mol. The largest absolute Gasteiger partial charge is 0.496 e.